The standard InChI is InChI=1S/C17H17F3N6O/c1-24(9-11-5-6-21-25(11)2)16(27)12-8-22-26-14(17(18,19)20)7-13(10-3-4-10)23-15(12)26/h5-8,10H,3-4,9H2,1-2H3. The molecule has 1 amide bonds. The Morgan fingerprint density at radius 1 is 1.33 bits per heavy atom. The number of aryl methyl sites for hydroxylation is 1. The van der Waals surface area contributed by atoms with Gasteiger partial charge in [0.2, 0.25) is 0 Å². The van der Waals surface area contributed by atoms with Crippen molar-refractivity contribution >= 4 is 11.6 Å². The summed E-state index contributed by atoms with van der Waals surface area (Å²) in [4.78, 5) is 18.6. The number of fused-ring (bicyclic) bond motifs is 1. The van der Waals surface area contributed by atoms with Crippen LogP contribution in [0.4, 0.5) is 13.2 Å². The first-order valence-corrected chi connectivity index (χ1v) is 8.44. The highest BCUT2D eigenvalue weighted by Gasteiger charge is 2.38. The SMILES string of the molecule is CN(Cc1ccnn1C)C(=O)c1cnn2c(C(F)(F)F)cc(C3CC3)nc12. The van der Waals surface area contributed by atoms with E-state index in [-0.39, 0.29) is 23.7 Å². The van der Waals surface area contributed by atoms with Crippen LogP contribution >= 0.6 is 0 Å². The maximum absolute atomic E-state index is 13.5. The van der Waals surface area contributed by atoms with E-state index in [4.69, 9.17) is 0 Å². The van der Waals surface area contributed by atoms with Crippen LogP contribution < -0.4 is 0 Å². The smallest absolute Gasteiger partial charge is 0.336 e. The van der Waals surface area contributed by atoms with Gasteiger partial charge >= 0.3 is 6.18 Å². The predicted octanol–water partition coefficient (Wildman–Crippen LogP) is 2.63. The van der Waals surface area contributed by atoms with Gasteiger partial charge in [0.1, 0.15) is 11.3 Å². The van der Waals surface area contributed by atoms with Gasteiger partial charge in [-0.05, 0) is 25.0 Å². The van der Waals surface area contributed by atoms with Crippen LogP contribution in [0.15, 0.2) is 24.5 Å². The Morgan fingerprint density at radius 2 is 2.07 bits per heavy atom. The largest absolute Gasteiger partial charge is 0.433 e. The summed E-state index contributed by atoms with van der Waals surface area (Å²) in [5, 5.41) is 7.84. The van der Waals surface area contributed by atoms with Crippen LogP contribution in [0.5, 0.6) is 0 Å². The molecule has 0 unspecified atom stereocenters. The lowest BCUT2D eigenvalue weighted by Crippen LogP contribution is -2.27. The van der Waals surface area contributed by atoms with Crippen molar-refractivity contribution in [1.82, 2.24) is 29.3 Å². The molecule has 3 aromatic rings. The molecule has 0 N–H and O–H groups in total. The second-order valence-electron chi connectivity index (χ2n) is 6.74. The zero-order valence-electron chi connectivity index (χ0n) is 14.7. The Kier molecular flexibility index (Phi) is 3.93. The molecule has 0 radical (unpaired) electrons. The first kappa shape index (κ1) is 17.5. The lowest BCUT2D eigenvalue weighted by atomic mass is 10.2. The first-order valence-electron chi connectivity index (χ1n) is 8.44. The van der Waals surface area contributed by atoms with Crippen molar-refractivity contribution in [1.29, 1.82) is 0 Å². The average Bonchev–Trinajstić information content (AvgIpc) is 3.26. The molecule has 0 spiro atoms. The summed E-state index contributed by atoms with van der Waals surface area (Å²) in [5.74, 6) is -0.430. The molecule has 0 aromatic carbocycles. The number of hydrogen-bond donors (Lipinski definition) is 0. The van der Waals surface area contributed by atoms with Gasteiger partial charge in [0.15, 0.2) is 5.65 Å². The van der Waals surface area contributed by atoms with Crippen molar-refractivity contribution in [2.75, 3.05) is 7.05 Å². The van der Waals surface area contributed by atoms with Gasteiger partial charge in [-0.1, -0.05) is 0 Å². The van der Waals surface area contributed by atoms with Crippen molar-refractivity contribution in [3.8, 4) is 0 Å². The molecule has 1 aliphatic rings. The van der Waals surface area contributed by atoms with E-state index in [1.165, 1.54) is 4.90 Å². The molecule has 3 aromatic heterocycles. The van der Waals surface area contributed by atoms with Crippen LogP contribution in [-0.4, -0.2) is 42.2 Å². The highest BCUT2D eigenvalue weighted by atomic mass is 19.4. The summed E-state index contributed by atoms with van der Waals surface area (Å²) in [6.45, 7) is 0.265. The molecular weight excluding hydrogens is 361 g/mol. The maximum Gasteiger partial charge on any atom is 0.433 e. The Hall–Kier alpha value is -2.91. The Bertz CT molecular complexity index is 1020. The van der Waals surface area contributed by atoms with E-state index < -0.39 is 17.8 Å². The summed E-state index contributed by atoms with van der Waals surface area (Å²) in [5.41, 5.74) is 0.229. The van der Waals surface area contributed by atoms with Gasteiger partial charge in [0, 0.05) is 31.9 Å². The van der Waals surface area contributed by atoms with E-state index >= 15 is 0 Å². The maximum atomic E-state index is 13.5. The second-order valence-corrected chi connectivity index (χ2v) is 6.74. The van der Waals surface area contributed by atoms with E-state index in [9.17, 15) is 18.0 Å². The van der Waals surface area contributed by atoms with Crippen molar-refractivity contribution in [3.05, 3.63) is 47.2 Å². The van der Waals surface area contributed by atoms with Crippen molar-refractivity contribution in [2.45, 2.75) is 31.5 Å². The van der Waals surface area contributed by atoms with E-state index in [2.05, 4.69) is 15.2 Å². The molecule has 1 saturated carbocycles. The molecule has 0 atom stereocenters. The number of alkyl halides is 3. The molecule has 10 heteroatoms. The average molecular weight is 378 g/mol. The monoisotopic (exact) mass is 378 g/mol. The van der Waals surface area contributed by atoms with E-state index in [1.54, 1.807) is 31.0 Å². The van der Waals surface area contributed by atoms with Gasteiger partial charge in [-0.15, -0.1) is 0 Å². The van der Waals surface area contributed by atoms with Gasteiger partial charge in [-0.2, -0.15) is 23.4 Å². The number of amides is 1. The minimum atomic E-state index is -4.59. The van der Waals surface area contributed by atoms with Gasteiger partial charge < -0.3 is 4.90 Å². The topological polar surface area (TPSA) is 68.3 Å². The summed E-state index contributed by atoms with van der Waals surface area (Å²) >= 11 is 0. The molecule has 0 bridgehead atoms. The highest BCUT2D eigenvalue weighted by Crippen LogP contribution is 2.41. The third kappa shape index (κ3) is 3.15. The van der Waals surface area contributed by atoms with Gasteiger partial charge in [-0.25, -0.2) is 9.50 Å². The molecule has 1 aliphatic carbocycles. The summed E-state index contributed by atoms with van der Waals surface area (Å²) < 4.78 is 42.7. The van der Waals surface area contributed by atoms with Crippen LogP contribution in [0.3, 0.4) is 0 Å². The number of rotatable bonds is 4. The summed E-state index contributed by atoms with van der Waals surface area (Å²) in [6.07, 6.45) is -0.216. The quantitative estimate of drug-likeness (QED) is 0.700. The lowest BCUT2D eigenvalue weighted by molar-refractivity contribution is -0.142. The molecular formula is C17H17F3N6O. The Balaban J connectivity index is 1.74. The fraction of sp³-hybridized carbons (Fsp3) is 0.412. The van der Waals surface area contributed by atoms with Gasteiger partial charge in [0.05, 0.1) is 18.4 Å². The van der Waals surface area contributed by atoms with E-state index in [0.717, 1.165) is 30.8 Å². The number of hydrogen-bond acceptors (Lipinski definition) is 4. The molecule has 142 valence electrons. The third-order valence-electron chi connectivity index (χ3n) is 4.68. The highest BCUT2D eigenvalue weighted by molar-refractivity contribution is 5.99. The number of halogens is 3. The second kappa shape index (κ2) is 6.07. The summed E-state index contributed by atoms with van der Waals surface area (Å²) in [7, 11) is 3.33. The van der Waals surface area contributed by atoms with Crippen molar-refractivity contribution in [2.24, 2.45) is 7.05 Å². The Labute approximate surface area is 152 Å². The molecule has 1 fully saturated rings. The van der Waals surface area contributed by atoms with E-state index in [1.807, 2.05) is 0 Å². The fourth-order valence-corrected chi connectivity index (χ4v) is 3.00. The zero-order valence-corrected chi connectivity index (χ0v) is 14.7. The first-order chi connectivity index (χ1) is 12.8. The van der Waals surface area contributed by atoms with Crippen LogP contribution in [0, 0.1) is 0 Å². The predicted molar refractivity (Wildman–Crippen MR) is 89.0 cm³/mol. The van der Waals surface area contributed by atoms with Crippen LogP contribution in [0.2, 0.25) is 0 Å². The number of aromatic nitrogens is 5. The lowest BCUT2D eigenvalue weighted by Gasteiger charge is -2.17. The molecule has 7 nitrogen and oxygen atoms in total. The van der Waals surface area contributed by atoms with Gasteiger partial charge in [0.25, 0.3) is 5.91 Å². The summed E-state index contributed by atoms with van der Waals surface area (Å²) in [6, 6.07) is 2.80. The van der Waals surface area contributed by atoms with Crippen molar-refractivity contribution < 1.29 is 18.0 Å². The minimum Gasteiger partial charge on any atom is -0.336 e. The molecule has 4 rings (SSSR count). The van der Waals surface area contributed by atoms with Crippen LogP contribution in [0.25, 0.3) is 5.65 Å². The number of carbonyl (C=O) groups excluding carboxylic acids is 1. The Morgan fingerprint density at radius 3 is 2.67 bits per heavy atom. The molecule has 0 saturated heterocycles. The van der Waals surface area contributed by atoms with Crippen molar-refractivity contribution in [3.63, 3.8) is 0 Å². The number of carbonyl (C=O) groups is 1. The zero-order chi connectivity index (χ0) is 19.3. The molecule has 3 heterocycles. The fourth-order valence-electron chi connectivity index (χ4n) is 3.00. The molecule has 27 heavy (non-hydrogen) atoms. The van der Waals surface area contributed by atoms with Crippen LogP contribution in [-0.2, 0) is 19.8 Å². The third-order valence-corrected chi connectivity index (χ3v) is 4.68. The number of nitrogens with zero attached hydrogens (tertiary/aromatic N) is 6. The van der Waals surface area contributed by atoms with E-state index in [0.29, 0.717) is 10.2 Å². The van der Waals surface area contributed by atoms with Crippen LogP contribution in [0.1, 0.15) is 46.2 Å². The normalized spacial score (nSPS) is 14.7. The minimum absolute atomic E-state index is 0.0149. The van der Waals surface area contributed by atoms with Gasteiger partial charge in [-0.3, -0.25) is 9.48 Å². The molecule has 0 aliphatic heterocycles.